The molecule has 32 heavy (non-hydrogen) atoms. The van der Waals surface area contributed by atoms with Gasteiger partial charge in [-0.1, -0.05) is 12.1 Å². The molecular weight excluding hydrogens is 407 g/mol. The molecule has 2 aliphatic heterocycles. The normalized spacial score (nSPS) is 20.0. The van der Waals surface area contributed by atoms with E-state index >= 15 is 0 Å². The zero-order chi connectivity index (χ0) is 22.1. The molecule has 0 radical (unpaired) electrons. The van der Waals surface area contributed by atoms with Crippen LogP contribution >= 0.6 is 0 Å². The first-order chi connectivity index (χ1) is 15.6. The third kappa shape index (κ3) is 4.11. The Morgan fingerprint density at radius 2 is 1.69 bits per heavy atom. The van der Waals surface area contributed by atoms with Gasteiger partial charge in [0, 0.05) is 43.6 Å². The highest BCUT2D eigenvalue weighted by atomic mass is 19.1. The van der Waals surface area contributed by atoms with E-state index in [4.69, 9.17) is 4.98 Å². The fourth-order valence-corrected chi connectivity index (χ4v) is 4.93. The summed E-state index contributed by atoms with van der Waals surface area (Å²) in [5.74, 6) is 0.872. The van der Waals surface area contributed by atoms with Gasteiger partial charge < -0.3 is 14.8 Å². The number of piperidine rings is 2. The molecule has 1 atom stereocenters. The van der Waals surface area contributed by atoms with Crippen LogP contribution in [-0.4, -0.2) is 57.8 Å². The molecule has 2 aromatic carbocycles. The molecule has 1 aromatic heterocycles. The van der Waals surface area contributed by atoms with Crippen LogP contribution in [0.1, 0.15) is 47.8 Å². The second kappa shape index (κ2) is 8.73. The molecule has 166 valence electrons. The maximum absolute atomic E-state index is 13.2. The second-order valence-electron chi connectivity index (χ2n) is 8.84. The van der Waals surface area contributed by atoms with Crippen molar-refractivity contribution in [2.75, 3.05) is 26.2 Å². The van der Waals surface area contributed by atoms with Crippen molar-refractivity contribution in [3.8, 4) is 0 Å². The van der Waals surface area contributed by atoms with Crippen molar-refractivity contribution in [1.82, 2.24) is 19.8 Å². The minimum Gasteiger partial charge on any atom is -0.342 e. The number of para-hydroxylation sites is 2. The summed E-state index contributed by atoms with van der Waals surface area (Å²) in [6, 6.07) is 13.6. The molecule has 2 amide bonds. The van der Waals surface area contributed by atoms with Gasteiger partial charge in [-0.25, -0.2) is 9.37 Å². The van der Waals surface area contributed by atoms with Gasteiger partial charge in [-0.2, -0.15) is 0 Å². The van der Waals surface area contributed by atoms with Crippen molar-refractivity contribution in [2.45, 2.75) is 31.6 Å². The maximum Gasteiger partial charge on any atom is 0.253 e. The number of amides is 2. The van der Waals surface area contributed by atoms with Crippen LogP contribution in [-0.2, 0) is 4.79 Å². The molecule has 0 bridgehead atoms. The van der Waals surface area contributed by atoms with E-state index in [1.165, 1.54) is 24.3 Å². The summed E-state index contributed by atoms with van der Waals surface area (Å²) >= 11 is 0. The second-order valence-corrected chi connectivity index (χ2v) is 8.84. The number of rotatable bonds is 3. The van der Waals surface area contributed by atoms with Crippen LogP contribution in [0, 0.1) is 11.7 Å². The van der Waals surface area contributed by atoms with Crippen LogP contribution in [0.3, 0.4) is 0 Å². The minimum atomic E-state index is -0.353. The number of fused-ring (bicyclic) bond motifs is 1. The predicted octanol–water partition coefficient (Wildman–Crippen LogP) is 3.96. The molecular formula is C25H27FN4O2. The molecule has 5 rings (SSSR count). The molecule has 0 spiro atoms. The van der Waals surface area contributed by atoms with Gasteiger partial charge >= 0.3 is 0 Å². The van der Waals surface area contributed by atoms with Crippen LogP contribution < -0.4 is 0 Å². The lowest BCUT2D eigenvalue weighted by Crippen LogP contribution is -2.47. The van der Waals surface area contributed by atoms with Gasteiger partial charge in [0.25, 0.3) is 5.91 Å². The third-order valence-corrected chi connectivity index (χ3v) is 6.75. The summed E-state index contributed by atoms with van der Waals surface area (Å²) in [6.07, 6.45) is 3.32. The van der Waals surface area contributed by atoms with Crippen LogP contribution in [0.2, 0.25) is 0 Å². The highest BCUT2D eigenvalue weighted by molar-refractivity contribution is 5.94. The smallest absolute Gasteiger partial charge is 0.253 e. The molecule has 2 saturated heterocycles. The number of halogens is 1. The Balaban J connectivity index is 1.19. The van der Waals surface area contributed by atoms with Crippen LogP contribution in [0.5, 0.6) is 0 Å². The van der Waals surface area contributed by atoms with E-state index < -0.39 is 0 Å². The fraction of sp³-hybridized carbons (Fsp3) is 0.400. The van der Waals surface area contributed by atoms with Gasteiger partial charge in [0.05, 0.1) is 11.0 Å². The number of carbonyl (C=O) groups is 2. The van der Waals surface area contributed by atoms with Crippen molar-refractivity contribution in [1.29, 1.82) is 0 Å². The monoisotopic (exact) mass is 434 g/mol. The van der Waals surface area contributed by atoms with Crippen molar-refractivity contribution >= 4 is 22.8 Å². The van der Waals surface area contributed by atoms with E-state index in [0.29, 0.717) is 38.0 Å². The molecule has 2 aliphatic rings. The topological polar surface area (TPSA) is 69.3 Å². The summed E-state index contributed by atoms with van der Waals surface area (Å²) in [5, 5.41) is 0. The molecule has 3 heterocycles. The number of benzene rings is 2. The number of carbonyl (C=O) groups excluding carboxylic acids is 2. The number of hydrogen-bond donors (Lipinski definition) is 1. The Kier molecular flexibility index (Phi) is 5.64. The van der Waals surface area contributed by atoms with Gasteiger partial charge in [-0.3, -0.25) is 9.59 Å². The summed E-state index contributed by atoms with van der Waals surface area (Å²) in [6.45, 7) is 2.57. The van der Waals surface area contributed by atoms with E-state index in [0.717, 1.165) is 36.2 Å². The molecule has 0 aliphatic carbocycles. The Bertz CT molecular complexity index is 1090. The number of aromatic amines is 1. The fourth-order valence-electron chi connectivity index (χ4n) is 4.93. The van der Waals surface area contributed by atoms with Crippen molar-refractivity contribution < 1.29 is 14.0 Å². The minimum absolute atomic E-state index is 0.0540. The average molecular weight is 435 g/mol. The Morgan fingerprint density at radius 1 is 0.938 bits per heavy atom. The van der Waals surface area contributed by atoms with Gasteiger partial charge in [-0.15, -0.1) is 0 Å². The molecule has 1 unspecified atom stereocenters. The Labute approximate surface area is 186 Å². The lowest BCUT2D eigenvalue weighted by atomic mass is 9.91. The van der Waals surface area contributed by atoms with Gasteiger partial charge in [0.15, 0.2) is 0 Å². The van der Waals surface area contributed by atoms with E-state index in [1.807, 2.05) is 29.2 Å². The van der Waals surface area contributed by atoms with Crippen LogP contribution in [0.4, 0.5) is 4.39 Å². The van der Waals surface area contributed by atoms with Gasteiger partial charge in [0.2, 0.25) is 5.91 Å². The van der Waals surface area contributed by atoms with Crippen molar-refractivity contribution in [3.05, 3.63) is 65.7 Å². The molecule has 3 aromatic rings. The van der Waals surface area contributed by atoms with E-state index in [1.54, 1.807) is 4.90 Å². The average Bonchev–Trinajstić information content (AvgIpc) is 3.28. The summed E-state index contributed by atoms with van der Waals surface area (Å²) in [4.78, 5) is 37.8. The number of aromatic nitrogens is 2. The first-order valence-corrected chi connectivity index (χ1v) is 11.4. The van der Waals surface area contributed by atoms with E-state index in [2.05, 4.69) is 4.98 Å². The number of H-pyrrole nitrogens is 1. The summed E-state index contributed by atoms with van der Waals surface area (Å²) < 4.78 is 13.1. The number of nitrogens with zero attached hydrogens (tertiary/aromatic N) is 3. The van der Waals surface area contributed by atoms with Crippen LogP contribution in [0.25, 0.3) is 11.0 Å². The number of imidazole rings is 1. The zero-order valence-corrected chi connectivity index (χ0v) is 18.0. The molecule has 1 N–H and O–H groups in total. The number of nitrogens with one attached hydrogen (secondary N) is 1. The van der Waals surface area contributed by atoms with E-state index in [-0.39, 0.29) is 29.5 Å². The SMILES string of the molecule is O=C(c1ccc(F)cc1)N1CCC(C(=O)N2CCCC(c3nc4ccccc4[nH]3)C2)CC1. The largest absolute Gasteiger partial charge is 0.342 e. The van der Waals surface area contributed by atoms with Gasteiger partial charge in [-0.05, 0) is 62.1 Å². The third-order valence-electron chi connectivity index (χ3n) is 6.75. The highest BCUT2D eigenvalue weighted by Gasteiger charge is 2.33. The molecule has 6 nitrogen and oxygen atoms in total. The lowest BCUT2D eigenvalue weighted by molar-refractivity contribution is -0.138. The standard InChI is InChI=1S/C25H27FN4O2/c26-20-9-7-17(8-10-20)24(31)29-14-11-18(12-15-29)25(32)30-13-3-4-19(16-30)23-27-21-5-1-2-6-22(21)28-23/h1-2,5-10,18-19H,3-4,11-16H2,(H,27,28). The Hall–Kier alpha value is -3.22. The van der Waals surface area contributed by atoms with Crippen molar-refractivity contribution in [2.24, 2.45) is 5.92 Å². The molecule has 0 saturated carbocycles. The first kappa shape index (κ1) is 20.7. The molecule has 2 fully saturated rings. The van der Waals surface area contributed by atoms with Crippen molar-refractivity contribution in [3.63, 3.8) is 0 Å². The lowest BCUT2D eigenvalue weighted by Gasteiger charge is -2.37. The Morgan fingerprint density at radius 3 is 2.44 bits per heavy atom. The highest BCUT2D eigenvalue weighted by Crippen LogP contribution is 2.29. The van der Waals surface area contributed by atoms with Crippen LogP contribution in [0.15, 0.2) is 48.5 Å². The molecule has 7 heteroatoms. The van der Waals surface area contributed by atoms with E-state index in [9.17, 15) is 14.0 Å². The predicted molar refractivity (Wildman–Crippen MR) is 120 cm³/mol. The number of hydrogen-bond acceptors (Lipinski definition) is 3. The van der Waals surface area contributed by atoms with Gasteiger partial charge in [0.1, 0.15) is 11.6 Å². The summed E-state index contributed by atoms with van der Waals surface area (Å²) in [7, 11) is 0. The number of likely N-dealkylation sites (tertiary alicyclic amines) is 2. The maximum atomic E-state index is 13.2. The first-order valence-electron chi connectivity index (χ1n) is 11.4. The zero-order valence-electron chi connectivity index (χ0n) is 18.0. The summed E-state index contributed by atoms with van der Waals surface area (Å²) in [5.41, 5.74) is 2.48. The quantitative estimate of drug-likeness (QED) is 0.678.